The van der Waals surface area contributed by atoms with Gasteiger partial charge in [0.15, 0.2) is 0 Å². The molecule has 0 aliphatic carbocycles. The molecule has 0 saturated heterocycles. The molecule has 3 heterocycles. The van der Waals surface area contributed by atoms with Crippen molar-refractivity contribution in [1.29, 1.82) is 0 Å². The molecular weight excluding hydrogens is 548 g/mol. The van der Waals surface area contributed by atoms with Gasteiger partial charge in [-0.05, 0) is 48.5 Å². The summed E-state index contributed by atoms with van der Waals surface area (Å²) in [6.45, 7) is 0. The van der Waals surface area contributed by atoms with E-state index in [1.54, 1.807) is 0 Å². The van der Waals surface area contributed by atoms with Crippen molar-refractivity contribution < 1.29 is 4.42 Å². The standard InChI is InChI=1S/C42H26N2O/c1-7-19-35-27(13-1)28-14-2-8-20-36(28)43(35)37-21-9-3-15-29(37)30-16-4-10-22-38(30)44-39-23-11-5-17-31(39)33-26-42-34(25-40(33)44)32-18-6-12-24-41(32)45-42/h1-26H. The maximum atomic E-state index is 6.33. The van der Waals surface area contributed by atoms with Gasteiger partial charge in [-0.15, -0.1) is 0 Å². The van der Waals surface area contributed by atoms with Gasteiger partial charge in [0.2, 0.25) is 0 Å². The van der Waals surface area contributed by atoms with Crippen LogP contribution in [-0.4, -0.2) is 9.13 Å². The number of fused-ring (bicyclic) bond motifs is 9. The lowest BCUT2D eigenvalue weighted by Gasteiger charge is -2.18. The molecule has 3 nitrogen and oxygen atoms in total. The molecule has 0 aliphatic rings. The highest BCUT2D eigenvalue weighted by atomic mass is 16.3. The zero-order valence-corrected chi connectivity index (χ0v) is 24.3. The average Bonchev–Trinajstić information content (AvgIpc) is 3.74. The predicted molar refractivity (Wildman–Crippen MR) is 188 cm³/mol. The number of hydrogen-bond acceptors (Lipinski definition) is 1. The van der Waals surface area contributed by atoms with Crippen molar-refractivity contribution >= 4 is 65.6 Å². The Bertz CT molecular complexity index is 2720. The molecule has 0 fully saturated rings. The molecule has 0 unspecified atom stereocenters. The summed E-state index contributed by atoms with van der Waals surface area (Å²) in [7, 11) is 0. The van der Waals surface area contributed by atoms with E-state index < -0.39 is 0 Å². The Balaban J connectivity index is 1.30. The third-order valence-electron chi connectivity index (χ3n) is 9.33. The molecule has 0 radical (unpaired) electrons. The summed E-state index contributed by atoms with van der Waals surface area (Å²) < 4.78 is 11.2. The number of rotatable bonds is 3. The van der Waals surface area contributed by atoms with Crippen molar-refractivity contribution in [3.8, 4) is 22.5 Å². The number of benzene rings is 7. The second kappa shape index (κ2) is 9.22. The Morgan fingerprint density at radius 2 is 0.756 bits per heavy atom. The van der Waals surface area contributed by atoms with Crippen LogP contribution in [0.2, 0.25) is 0 Å². The summed E-state index contributed by atoms with van der Waals surface area (Å²) in [4.78, 5) is 0. The van der Waals surface area contributed by atoms with Gasteiger partial charge >= 0.3 is 0 Å². The first-order valence-electron chi connectivity index (χ1n) is 15.4. The number of aromatic nitrogens is 2. The van der Waals surface area contributed by atoms with Gasteiger partial charge < -0.3 is 13.6 Å². The Hall–Kier alpha value is -6.06. The quantitative estimate of drug-likeness (QED) is 0.206. The summed E-state index contributed by atoms with van der Waals surface area (Å²) in [6, 6.07) is 56.6. The summed E-state index contributed by atoms with van der Waals surface area (Å²) in [5, 5.41) is 7.18. The molecule has 10 rings (SSSR count). The van der Waals surface area contributed by atoms with Gasteiger partial charge in [0, 0.05) is 43.4 Å². The Morgan fingerprint density at radius 3 is 1.36 bits per heavy atom. The van der Waals surface area contributed by atoms with Gasteiger partial charge in [-0.3, -0.25) is 0 Å². The van der Waals surface area contributed by atoms with Crippen LogP contribution in [0, 0.1) is 0 Å². The predicted octanol–water partition coefficient (Wildman–Crippen LogP) is 11.4. The molecule has 0 atom stereocenters. The third-order valence-corrected chi connectivity index (χ3v) is 9.33. The second-order valence-corrected chi connectivity index (χ2v) is 11.7. The molecule has 45 heavy (non-hydrogen) atoms. The number of nitrogens with zero attached hydrogens (tertiary/aromatic N) is 2. The van der Waals surface area contributed by atoms with Crippen molar-refractivity contribution in [2.75, 3.05) is 0 Å². The molecule has 3 aromatic heterocycles. The molecule has 7 aromatic carbocycles. The van der Waals surface area contributed by atoms with Crippen LogP contribution in [0.1, 0.15) is 0 Å². The molecule has 3 heteroatoms. The van der Waals surface area contributed by atoms with Gasteiger partial charge in [0.1, 0.15) is 11.2 Å². The fourth-order valence-electron chi connectivity index (χ4n) is 7.42. The summed E-state index contributed by atoms with van der Waals surface area (Å²) >= 11 is 0. The summed E-state index contributed by atoms with van der Waals surface area (Å²) in [5.41, 5.74) is 11.2. The van der Waals surface area contributed by atoms with E-state index in [9.17, 15) is 0 Å². The van der Waals surface area contributed by atoms with Crippen molar-refractivity contribution in [3.05, 3.63) is 158 Å². The minimum Gasteiger partial charge on any atom is -0.456 e. The molecule has 210 valence electrons. The van der Waals surface area contributed by atoms with E-state index in [1.807, 2.05) is 12.1 Å². The maximum absolute atomic E-state index is 6.33. The van der Waals surface area contributed by atoms with E-state index in [1.165, 1.54) is 49.2 Å². The van der Waals surface area contributed by atoms with Crippen molar-refractivity contribution in [2.24, 2.45) is 0 Å². The fourth-order valence-corrected chi connectivity index (χ4v) is 7.42. The fraction of sp³-hybridized carbons (Fsp3) is 0. The van der Waals surface area contributed by atoms with Gasteiger partial charge in [0.05, 0.1) is 33.4 Å². The van der Waals surface area contributed by atoms with E-state index in [0.29, 0.717) is 0 Å². The Labute approximate surface area is 258 Å². The van der Waals surface area contributed by atoms with Crippen LogP contribution < -0.4 is 0 Å². The summed E-state index contributed by atoms with van der Waals surface area (Å²) in [6.07, 6.45) is 0. The van der Waals surface area contributed by atoms with Gasteiger partial charge in [0.25, 0.3) is 0 Å². The molecule has 0 amide bonds. The van der Waals surface area contributed by atoms with Gasteiger partial charge in [-0.1, -0.05) is 109 Å². The zero-order chi connectivity index (χ0) is 29.5. The Morgan fingerprint density at radius 1 is 0.311 bits per heavy atom. The molecule has 0 N–H and O–H groups in total. The number of furan rings is 1. The smallest absolute Gasteiger partial charge is 0.136 e. The first-order valence-corrected chi connectivity index (χ1v) is 15.4. The molecular formula is C42H26N2O. The third kappa shape index (κ3) is 3.41. The monoisotopic (exact) mass is 574 g/mol. The van der Waals surface area contributed by atoms with Crippen LogP contribution in [-0.2, 0) is 0 Å². The van der Waals surface area contributed by atoms with Crippen LogP contribution in [0.3, 0.4) is 0 Å². The van der Waals surface area contributed by atoms with Crippen molar-refractivity contribution in [1.82, 2.24) is 9.13 Å². The normalized spacial score (nSPS) is 12.0. The average molecular weight is 575 g/mol. The summed E-state index contributed by atoms with van der Waals surface area (Å²) in [5.74, 6) is 0. The highest BCUT2D eigenvalue weighted by molar-refractivity contribution is 6.17. The van der Waals surface area contributed by atoms with E-state index in [4.69, 9.17) is 4.42 Å². The van der Waals surface area contributed by atoms with Crippen molar-refractivity contribution in [2.45, 2.75) is 0 Å². The number of hydrogen-bond donors (Lipinski definition) is 0. The lowest BCUT2D eigenvalue weighted by Crippen LogP contribution is -2.01. The van der Waals surface area contributed by atoms with Crippen molar-refractivity contribution in [3.63, 3.8) is 0 Å². The van der Waals surface area contributed by atoms with E-state index in [2.05, 4.69) is 155 Å². The van der Waals surface area contributed by atoms with Crippen LogP contribution in [0.4, 0.5) is 0 Å². The SMILES string of the molecule is c1ccc(-n2c3ccccc3c3ccccc32)c(-c2ccccc2-n2c3ccccc3c3cc4oc5ccccc5c4cc32)c1. The van der Waals surface area contributed by atoms with Crippen LogP contribution in [0.15, 0.2) is 162 Å². The van der Waals surface area contributed by atoms with E-state index in [-0.39, 0.29) is 0 Å². The molecule has 0 bridgehead atoms. The molecule has 0 aliphatic heterocycles. The lowest BCUT2D eigenvalue weighted by atomic mass is 10.0. The maximum Gasteiger partial charge on any atom is 0.136 e. The zero-order valence-electron chi connectivity index (χ0n) is 24.3. The van der Waals surface area contributed by atoms with E-state index >= 15 is 0 Å². The highest BCUT2D eigenvalue weighted by Gasteiger charge is 2.20. The van der Waals surface area contributed by atoms with Gasteiger partial charge in [-0.2, -0.15) is 0 Å². The van der Waals surface area contributed by atoms with E-state index in [0.717, 1.165) is 38.8 Å². The first kappa shape index (κ1) is 24.4. The molecule has 0 saturated carbocycles. The van der Waals surface area contributed by atoms with Crippen LogP contribution >= 0.6 is 0 Å². The minimum atomic E-state index is 0.913. The minimum absolute atomic E-state index is 0.913. The van der Waals surface area contributed by atoms with Crippen LogP contribution in [0.5, 0.6) is 0 Å². The topological polar surface area (TPSA) is 23.0 Å². The molecule has 10 aromatic rings. The number of para-hydroxylation sites is 6. The highest BCUT2D eigenvalue weighted by Crippen LogP contribution is 2.42. The van der Waals surface area contributed by atoms with Crippen LogP contribution in [0.25, 0.3) is 88.1 Å². The second-order valence-electron chi connectivity index (χ2n) is 11.7. The van der Waals surface area contributed by atoms with Gasteiger partial charge in [-0.25, -0.2) is 0 Å². The molecule has 0 spiro atoms. The first-order chi connectivity index (χ1) is 22.3. The lowest BCUT2D eigenvalue weighted by molar-refractivity contribution is 0.669. The largest absolute Gasteiger partial charge is 0.456 e. The Kier molecular flexibility index (Phi) is 5.00.